The molecule has 1 aromatic heterocycles. The maximum absolute atomic E-state index is 4.78. The minimum absolute atomic E-state index is 0.384. The van der Waals surface area contributed by atoms with Crippen LogP contribution in [-0.4, -0.2) is 22.6 Å². The molecule has 2 atom stereocenters. The van der Waals surface area contributed by atoms with Crippen LogP contribution in [0.15, 0.2) is 6.07 Å². The first-order valence-electron chi connectivity index (χ1n) is 7.58. The second kappa shape index (κ2) is 7.59. The molecule has 0 spiro atoms. The fourth-order valence-electron chi connectivity index (χ4n) is 2.40. The molecule has 0 fully saturated rings. The van der Waals surface area contributed by atoms with Crippen LogP contribution in [0.3, 0.4) is 0 Å². The van der Waals surface area contributed by atoms with Crippen LogP contribution >= 0.6 is 0 Å². The molecule has 2 unspecified atom stereocenters. The van der Waals surface area contributed by atoms with Gasteiger partial charge in [0.1, 0.15) is 5.82 Å². The van der Waals surface area contributed by atoms with Crippen molar-refractivity contribution < 1.29 is 0 Å². The van der Waals surface area contributed by atoms with Gasteiger partial charge >= 0.3 is 0 Å². The lowest BCUT2D eigenvalue weighted by molar-refractivity contribution is 0.440. The van der Waals surface area contributed by atoms with Crippen LogP contribution in [0.1, 0.15) is 76.5 Å². The van der Waals surface area contributed by atoms with Crippen molar-refractivity contribution in [2.24, 2.45) is 0 Å². The molecule has 0 aliphatic heterocycles. The Balaban J connectivity index is 2.97. The Hall–Kier alpha value is -0.960. The van der Waals surface area contributed by atoms with Gasteiger partial charge in [0.25, 0.3) is 0 Å². The smallest absolute Gasteiger partial charge is 0.131 e. The van der Waals surface area contributed by atoms with Gasteiger partial charge in [-0.15, -0.1) is 0 Å². The van der Waals surface area contributed by atoms with Crippen LogP contribution < -0.4 is 5.32 Å². The van der Waals surface area contributed by atoms with E-state index in [2.05, 4.69) is 57.9 Å². The molecule has 0 aliphatic carbocycles. The van der Waals surface area contributed by atoms with Crippen LogP contribution in [0.2, 0.25) is 0 Å². The van der Waals surface area contributed by atoms with Crippen LogP contribution in [-0.2, 0) is 0 Å². The molecule has 3 heteroatoms. The minimum Gasteiger partial charge on any atom is -0.314 e. The molecule has 1 heterocycles. The van der Waals surface area contributed by atoms with E-state index in [0.717, 1.165) is 24.5 Å². The molecular formula is C16H29N3. The van der Waals surface area contributed by atoms with Crippen molar-refractivity contribution in [2.45, 2.75) is 72.3 Å². The van der Waals surface area contributed by atoms with Crippen molar-refractivity contribution in [2.75, 3.05) is 6.54 Å². The quantitative estimate of drug-likeness (QED) is 0.813. The van der Waals surface area contributed by atoms with Crippen molar-refractivity contribution in [3.63, 3.8) is 0 Å². The van der Waals surface area contributed by atoms with Crippen molar-refractivity contribution in [1.29, 1.82) is 0 Å². The first-order chi connectivity index (χ1) is 8.99. The molecule has 3 nitrogen and oxygen atoms in total. The summed E-state index contributed by atoms with van der Waals surface area (Å²) in [4.78, 5) is 9.32. The molecule has 0 amide bonds. The highest BCUT2D eigenvalue weighted by Crippen LogP contribution is 2.23. The highest BCUT2D eigenvalue weighted by Gasteiger charge is 2.20. The Bertz CT molecular complexity index is 388. The molecule has 19 heavy (non-hydrogen) atoms. The fraction of sp³-hybridized carbons (Fsp3) is 0.750. The topological polar surface area (TPSA) is 37.8 Å². The van der Waals surface area contributed by atoms with E-state index < -0.39 is 0 Å². The Morgan fingerprint density at radius 3 is 2.37 bits per heavy atom. The largest absolute Gasteiger partial charge is 0.314 e. The highest BCUT2D eigenvalue weighted by molar-refractivity contribution is 5.17. The van der Waals surface area contributed by atoms with E-state index in [0.29, 0.717) is 17.9 Å². The molecule has 0 bridgehead atoms. The summed E-state index contributed by atoms with van der Waals surface area (Å²) in [5.74, 6) is 1.82. The van der Waals surface area contributed by atoms with E-state index in [1.165, 1.54) is 12.1 Å². The molecule has 0 saturated heterocycles. The first kappa shape index (κ1) is 16.1. The zero-order valence-electron chi connectivity index (χ0n) is 13.3. The summed E-state index contributed by atoms with van der Waals surface area (Å²) in [5.41, 5.74) is 2.27. The number of aryl methyl sites for hydroxylation is 1. The number of aromatic nitrogens is 2. The van der Waals surface area contributed by atoms with Gasteiger partial charge in [-0.25, -0.2) is 9.97 Å². The van der Waals surface area contributed by atoms with Gasteiger partial charge in [-0.2, -0.15) is 0 Å². The van der Waals surface area contributed by atoms with E-state index in [4.69, 9.17) is 4.98 Å². The summed E-state index contributed by atoms with van der Waals surface area (Å²) in [7, 11) is 0. The molecule has 0 saturated carbocycles. The van der Waals surface area contributed by atoms with Gasteiger partial charge in [0.2, 0.25) is 0 Å². The minimum atomic E-state index is 0.384. The maximum Gasteiger partial charge on any atom is 0.131 e. The van der Waals surface area contributed by atoms with E-state index in [1.54, 1.807) is 0 Å². The van der Waals surface area contributed by atoms with Crippen LogP contribution in [0.25, 0.3) is 0 Å². The average Bonchev–Trinajstić information content (AvgIpc) is 2.36. The van der Waals surface area contributed by atoms with E-state index in [-0.39, 0.29) is 0 Å². The van der Waals surface area contributed by atoms with Crippen molar-refractivity contribution in [1.82, 2.24) is 15.3 Å². The van der Waals surface area contributed by atoms with E-state index >= 15 is 0 Å². The second-order valence-electron chi connectivity index (χ2n) is 5.70. The third-order valence-electron chi connectivity index (χ3n) is 3.55. The van der Waals surface area contributed by atoms with Gasteiger partial charge in [-0.05, 0) is 39.3 Å². The lowest BCUT2D eigenvalue weighted by Gasteiger charge is -2.24. The molecule has 1 rings (SSSR count). The predicted molar refractivity (Wildman–Crippen MR) is 81.6 cm³/mol. The van der Waals surface area contributed by atoms with Crippen molar-refractivity contribution >= 4 is 0 Å². The maximum atomic E-state index is 4.78. The summed E-state index contributed by atoms with van der Waals surface area (Å²) < 4.78 is 0. The van der Waals surface area contributed by atoms with Gasteiger partial charge in [0, 0.05) is 29.3 Å². The average molecular weight is 263 g/mol. The van der Waals surface area contributed by atoms with Crippen LogP contribution in [0.5, 0.6) is 0 Å². The number of nitrogens with one attached hydrogen (secondary N) is 1. The third kappa shape index (κ3) is 4.57. The van der Waals surface area contributed by atoms with Crippen molar-refractivity contribution in [3.8, 4) is 0 Å². The number of nitrogens with zero attached hydrogens (tertiary/aromatic N) is 2. The van der Waals surface area contributed by atoms with Crippen molar-refractivity contribution in [3.05, 3.63) is 23.3 Å². The Morgan fingerprint density at radius 1 is 1.16 bits per heavy atom. The fourth-order valence-corrected chi connectivity index (χ4v) is 2.40. The number of hydrogen-bond donors (Lipinski definition) is 1. The molecule has 0 radical (unpaired) electrons. The lowest BCUT2D eigenvalue weighted by atomic mass is 9.93. The summed E-state index contributed by atoms with van der Waals surface area (Å²) in [6.07, 6.45) is 2.27. The zero-order valence-corrected chi connectivity index (χ0v) is 13.3. The molecular weight excluding hydrogens is 234 g/mol. The van der Waals surface area contributed by atoms with E-state index in [1.807, 2.05) is 0 Å². The molecule has 1 aromatic rings. The SMILES string of the molecule is CCCNC(C)C(CC)c1cc(C)nc(C(C)C)n1. The Kier molecular flexibility index (Phi) is 6.43. The first-order valence-corrected chi connectivity index (χ1v) is 7.58. The standard InChI is InChI=1S/C16H29N3/c1-7-9-17-13(6)14(8-2)15-10-12(5)18-16(19-15)11(3)4/h10-11,13-14,17H,7-9H2,1-6H3. The van der Waals surface area contributed by atoms with Gasteiger partial charge in [0.05, 0.1) is 0 Å². The third-order valence-corrected chi connectivity index (χ3v) is 3.55. The number of hydrogen-bond acceptors (Lipinski definition) is 3. The van der Waals surface area contributed by atoms with E-state index in [9.17, 15) is 0 Å². The Morgan fingerprint density at radius 2 is 1.84 bits per heavy atom. The monoisotopic (exact) mass is 263 g/mol. The Labute approximate surface area is 118 Å². The molecule has 0 aromatic carbocycles. The summed E-state index contributed by atoms with van der Waals surface area (Å²) >= 11 is 0. The molecule has 0 aliphatic rings. The van der Waals surface area contributed by atoms with Crippen LogP contribution in [0.4, 0.5) is 0 Å². The normalized spacial score (nSPS) is 14.7. The van der Waals surface area contributed by atoms with Crippen LogP contribution in [0, 0.1) is 6.92 Å². The molecule has 1 N–H and O–H groups in total. The summed E-state index contributed by atoms with van der Waals surface area (Å²) in [6, 6.07) is 2.60. The lowest BCUT2D eigenvalue weighted by Crippen LogP contribution is -2.33. The zero-order chi connectivity index (χ0) is 14.4. The number of rotatable bonds is 7. The van der Waals surface area contributed by atoms with Gasteiger partial charge in [0.15, 0.2) is 0 Å². The van der Waals surface area contributed by atoms with Gasteiger partial charge < -0.3 is 5.32 Å². The predicted octanol–water partition coefficient (Wildman–Crippen LogP) is 3.79. The molecule has 108 valence electrons. The summed E-state index contributed by atoms with van der Waals surface area (Å²) in [5, 5.41) is 3.59. The second-order valence-corrected chi connectivity index (χ2v) is 5.70. The van der Waals surface area contributed by atoms with Gasteiger partial charge in [-0.1, -0.05) is 27.7 Å². The summed E-state index contributed by atoms with van der Waals surface area (Å²) in [6.45, 7) is 14.1. The van der Waals surface area contributed by atoms with Gasteiger partial charge in [-0.3, -0.25) is 0 Å². The highest BCUT2D eigenvalue weighted by atomic mass is 14.9.